The van der Waals surface area contributed by atoms with Crippen molar-refractivity contribution in [2.45, 2.75) is 51.3 Å². The van der Waals surface area contributed by atoms with Gasteiger partial charge in [-0.15, -0.1) is 11.6 Å². The molecule has 4 atom stereocenters. The molecule has 20 heavy (non-hydrogen) atoms. The maximum atomic E-state index is 11.3. The second-order valence-corrected chi connectivity index (χ2v) is 6.38. The highest BCUT2D eigenvalue weighted by Gasteiger charge is 2.36. The molecular weight excluding hydrogens is 272 g/mol. The number of hydrogen-bond acceptors (Lipinski definition) is 2. The number of hydrogen-bond donors (Lipinski definition) is 0. The summed E-state index contributed by atoms with van der Waals surface area (Å²) in [5.74, 6) is 1.89. The zero-order chi connectivity index (χ0) is 15.0. The molecule has 114 valence electrons. The maximum Gasteiger partial charge on any atom is 0.306 e. The number of rotatable bonds is 8. The van der Waals surface area contributed by atoms with E-state index < -0.39 is 0 Å². The molecule has 1 aliphatic carbocycles. The van der Waals surface area contributed by atoms with Crippen LogP contribution < -0.4 is 0 Å². The van der Waals surface area contributed by atoms with E-state index in [9.17, 15) is 4.79 Å². The smallest absolute Gasteiger partial charge is 0.306 e. The SMILES string of the molecule is C=CCOC(=O)CCC/C=C\C[C@@H]1[C@@H](C)[C@H](C)C[C@H]1Cl. The van der Waals surface area contributed by atoms with Crippen LogP contribution in [-0.2, 0) is 9.53 Å². The zero-order valence-corrected chi connectivity index (χ0v) is 13.4. The highest BCUT2D eigenvalue weighted by atomic mass is 35.5. The van der Waals surface area contributed by atoms with E-state index in [1.807, 2.05) is 0 Å². The Labute approximate surface area is 128 Å². The summed E-state index contributed by atoms with van der Waals surface area (Å²) in [6, 6.07) is 0. The van der Waals surface area contributed by atoms with E-state index in [4.69, 9.17) is 16.3 Å². The standard InChI is InChI=1S/C17H27ClO2/c1-4-11-20-17(19)10-8-6-5-7-9-15-14(3)13(2)12-16(15)18/h4-5,7,13-16H,1,6,8-12H2,2-3H3/b7-5-/t13-,14+,15-,16-/m1/s1. The van der Waals surface area contributed by atoms with Gasteiger partial charge in [-0.2, -0.15) is 0 Å². The van der Waals surface area contributed by atoms with Crippen LogP contribution in [0.4, 0.5) is 0 Å². The molecule has 0 unspecified atom stereocenters. The lowest BCUT2D eigenvalue weighted by molar-refractivity contribution is -0.142. The number of halogens is 1. The van der Waals surface area contributed by atoms with Crippen molar-refractivity contribution in [3.05, 3.63) is 24.8 Å². The number of ether oxygens (including phenoxy) is 1. The van der Waals surface area contributed by atoms with Crippen molar-refractivity contribution in [3.8, 4) is 0 Å². The third kappa shape index (κ3) is 5.70. The maximum absolute atomic E-state index is 11.3. The summed E-state index contributed by atoms with van der Waals surface area (Å²) in [5, 5.41) is 0.318. The van der Waals surface area contributed by atoms with Gasteiger partial charge in [-0.3, -0.25) is 4.79 Å². The number of allylic oxidation sites excluding steroid dienone is 2. The fourth-order valence-corrected chi connectivity index (χ4v) is 3.43. The lowest BCUT2D eigenvalue weighted by Crippen LogP contribution is -2.13. The second-order valence-electron chi connectivity index (χ2n) is 5.82. The van der Waals surface area contributed by atoms with Crippen LogP contribution >= 0.6 is 11.6 Å². The average molecular weight is 299 g/mol. The van der Waals surface area contributed by atoms with Gasteiger partial charge >= 0.3 is 5.97 Å². The molecule has 0 heterocycles. The van der Waals surface area contributed by atoms with E-state index in [0.29, 0.717) is 30.2 Å². The number of carbonyl (C=O) groups is 1. The molecule has 0 amide bonds. The van der Waals surface area contributed by atoms with Gasteiger partial charge in [-0.25, -0.2) is 0 Å². The Morgan fingerprint density at radius 3 is 2.75 bits per heavy atom. The molecule has 1 aliphatic rings. The van der Waals surface area contributed by atoms with Crippen molar-refractivity contribution in [2.75, 3.05) is 6.61 Å². The average Bonchev–Trinajstić information content (AvgIpc) is 2.66. The summed E-state index contributed by atoms with van der Waals surface area (Å²) in [7, 11) is 0. The second kappa shape index (κ2) is 9.23. The molecule has 0 saturated heterocycles. The molecule has 0 aromatic carbocycles. The van der Waals surface area contributed by atoms with Gasteiger partial charge < -0.3 is 4.74 Å². The number of alkyl halides is 1. The highest BCUT2D eigenvalue weighted by Crippen LogP contribution is 2.41. The number of carbonyl (C=O) groups excluding carboxylic acids is 1. The van der Waals surface area contributed by atoms with E-state index in [2.05, 4.69) is 32.6 Å². The van der Waals surface area contributed by atoms with Crippen molar-refractivity contribution in [1.82, 2.24) is 0 Å². The molecule has 0 N–H and O–H groups in total. The zero-order valence-electron chi connectivity index (χ0n) is 12.7. The molecule has 0 aromatic rings. The summed E-state index contributed by atoms with van der Waals surface area (Å²) in [6.45, 7) is 8.42. The molecule has 1 rings (SSSR count). The van der Waals surface area contributed by atoms with Crippen molar-refractivity contribution < 1.29 is 9.53 Å². The first-order valence-electron chi connectivity index (χ1n) is 7.61. The fourth-order valence-electron chi connectivity index (χ4n) is 2.82. The fraction of sp³-hybridized carbons (Fsp3) is 0.706. The number of unbranched alkanes of at least 4 members (excludes halogenated alkanes) is 1. The largest absolute Gasteiger partial charge is 0.461 e. The van der Waals surface area contributed by atoms with Crippen molar-refractivity contribution in [1.29, 1.82) is 0 Å². The Bertz CT molecular complexity index is 338. The Morgan fingerprint density at radius 1 is 1.40 bits per heavy atom. The molecule has 0 radical (unpaired) electrons. The van der Waals surface area contributed by atoms with Gasteiger partial charge in [0.25, 0.3) is 0 Å². The minimum atomic E-state index is -0.141. The summed E-state index contributed by atoms with van der Waals surface area (Å²) < 4.78 is 4.92. The summed E-state index contributed by atoms with van der Waals surface area (Å²) in [5.41, 5.74) is 0. The normalized spacial score (nSPS) is 29.8. The summed E-state index contributed by atoms with van der Waals surface area (Å²) in [4.78, 5) is 11.3. The first-order valence-corrected chi connectivity index (χ1v) is 8.05. The molecule has 3 heteroatoms. The third-order valence-electron chi connectivity index (χ3n) is 4.32. The van der Waals surface area contributed by atoms with Gasteiger partial charge in [-0.1, -0.05) is 38.7 Å². The van der Waals surface area contributed by atoms with Crippen molar-refractivity contribution in [3.63, 3.8) is 0 Å². The molecule has 0 aromatic heterocycles. The van der Waals surface area contributed by atoms with Crippen LogP contribution in [-0.4, -0.2) is 18.0 Å². The summed E-state index contributed by atoms with van der Waals surface area (Å²) >= 11 is 6.39. The quantitative estimate of drug-likeness (QED) is 0.280. The minimum Gasteiger partial charge on any atom is -0.461 e. The van der Waals surface area contributed by atoms with Crippen LogP contribution in [0.15, 0.2) is 24.8 Å². The van der Waals surface area contributed by atoms with Crippen molar-refractivity contribution >= 4 is 17.6 Å². The van der Waals surface area contributed by atoms with Crippen LogP contribution in [0.3, 0.4) is 0 Å². The van der Waals surface area contributed by atoms with Crippen LogP contribution in [0.1, 0.15) is 46.0 Å². The van der Waals surface area contributed by atoms with Gasteiger partial charge in [-0.05, 0) is 43.4 Å². The molecule has 1 saturated carbocycles. The van der Waals surface area contributed by atoms with Gasteiger partial charge in [0.15, 0.2) is 0 Å². The first kappa shape index (κ1) is 17.3. The topological polar surface area (TPSA) is 26.3 Å². The van der Waals surface area contributed by atoms with Crippen LogP contribution in [0.25, 0.3) is 0 Å². The highest BCUT2D eigenvalue weighted by molar-refractivity contribution is 6.21. The van der Waals surface area contributed by atoms with Crippen molar-refractivity contribution in [2.24, 2.45) is 17.8 Å². The predicted molar refractivity (Wildman–Crippen MR) is 84.8 cm³/mol. The number of esters is 1. The van der Waals surface area contributed by atoms with E-state index in [1.54, 1.807) is 6.08 Å². The molecule has 1 fully saturated rings. The molecule has 0 bridgehead atoms. The molecular formula is C17H27ClO2. The van der Waals surface area contributed by atoms with Gasteiger partial charge in [0.05, 0.1) is 0 Å². The Kier molecular flexibility index (Phi) is 7.98. The van der Waals surface area contributed by atoms with E-state index in [-0.39, 0.29) is 5.97 Å². The minimum absolute atomic E-state index is 0.141. The Morgan fingerprint density at radius 2 is 2.15 bits per heavy atom. The Balaban J connectivity index is 2.13. The first-order chi connectivity index (χ1) is 9.56. The predicted octanol–water partition coefficient (Wildman–Crippen LogP) is 4.73. The lowest BCUT2D eigenvalue weighted by Gasteiger charge is -2.17. The van der Waals surface area contributed by atoms with Gasteiger partial charge in [0, 0.05) is 11.8 Å². The van der Waals surface area contributed by atoms with E-state index in [1.165, 1.54) is 0 Å². The van der Waals surface area contributed by atoms with Crippen LogP contribution in [0.2, 0.25) is 0 Å². The molecule has 0 spiro atoms. The molecule has 2 nitrogen and oxygen atoms in total. The molecule has 0 aliphatic heterocycles. The van der Waals surface area contributed by atoms with Crippen LogP contribution in [0, 0.1) is 17.8 Å². The van der Waals surface area contributed by atoms with E-state index in [0.717, 1.165) is 31.6 Å². The lowest BCUT2D eigenvalue weighted by atomic mass is 9.90. The monoisotopic (exact) mass is 298 g/mol. The van der Waals surface area contributed by atoms with Crippen LogP contribution in [0.5, 0.6) is 0 Å². The van der Waals surface area contributed by atoms with Gasteiger partial charge in [0.2, 0.25) is 0 Å². The third-order valence-corrected chi connectivity index (χ3v) is 4.83. The Hall–Kier alpha value is -0.760. The van der Waals surface area contributed by atoms with Gasteiger partial charge in [0.1, 0.15) is 6.61 Å². The van der Waals surface area contributed by atoms with E-state index >= 15 is 0 Å². The summed E-state index contributed by atoms with van der Waals surface area (Å²) in [6.07, 6.45) is 10.4.